The van der Waals surface area contributed by atoms with Crippen molar-refractivity contribution in [1.29, 1.82) is 0 Å². The third-order valence-corrected chi connectivity index (χ3v) is 1.90. The Kier molecular flexibility index (Phi) is 3.66. The first-order valence-corrected chi connectivity index (χ1v) is 4.30. The molecule has 1 aromatic heterocycles. The molecule has 0 aromatic carbocycles. The summed E-state index contributed by atoms with van der Waals surface area (Å²) >= 11 is 0. The molecule has 0 spiro atoms. The Hall–Kier alpha value is -0.870. The summed E-state index contributed by atoms with van der Waals surface area (Å²) in [5.41, 5.74) is 6.02. The van der Waals surface area contributed by atoms with Gasteiger partial charge in [0.25, 0.3) is 5.88 Å². The Balaban J connectivity index is 0.000000980. The van der Waals surface area contributed by atoms with E-state index < -0.39 is 5.82 Å². The number of hydrogen-bond donors (Lipinski definition) is 1. The van der Waals surface area contributed by atoms with Gasteiger partial charge in [0.1, 0.15) is 6.10 Å². The maximum absolute atomic E-state index is 13.2. The minimum atomic E-state index is -0.421. The van der Waals surface area contributed by atoms with Crippen molar-refractivity contribution < 1.29 is 9.13 Å². The summed E-state index contributed by atoms with van der Waals surface area (Å²) in [5, 5.41) is 0. The first kappa shape index (κ1) is 11.2. The molecular weight excluding hydrogens is 207 g/mol. The highest BCUT2D eigenvalue weighted by molar-refractivity contribution is 5.85. The number of halogens is 2. The van der Waals surface area contributed by atoms with Crippen molar-refractivity contribution in [2.75, 3.05) is 0 Å². The molecule has 78 valence electrons. The van der Waals surface area contributed by atoms with Gasteiger partial charge in [-0.25, -0.2) is 9.37 Å². The molecule has 0 bridgehead atoms. The van der Waals surface area contributed by atoms with Gasteiger partial charge in [-0.3, -0.25) is 0 Å². The molecule has 1 aliphatic rings. The third kappa shape index (κ3) is 2.56. The molecule has 2 N–H and O–H groups in total. The highest BCUT2D eigenvalue weighted by atomic mass is 35.5. The van der Waals surface area contributed by atoms with E-state index in [0.29, 0.717) is 12.1 Å². The molecule has 0 aliphatic heterocycles. The number of ether oxygens (including phenoxy) is 1. The predicted molar refractivity (Wildman–Crippen MR) is 53.0 cm³/mol. The molecule has 0 unspecified atom stereocenters. The smallest absolute Gasteiger partial charge is 0.250 e. The van der Waals surface area contributed by atoms with Crippen LogP contribution in [0.3, 0.4) is 0 Å². The van der Waals surface area contributed by atoms with Crippen LogP contribution < -0.4 is 10.5 Å². The van der Waals surface area contributed by atoms with E-state index in [1.54, 1.807) is 6.20 Å². The summed E-state index contributed by atoms with van der Waals surface area (Å²) in [5.74, 6) is -0.324. The molecule has 1 aromatic rings. The van der Waals surface area contributed by atoms with Gasteiger partial charge < -0.3 is 10.5 Å². The molecule has 1 heterocycles. The number of nitrogens with two attached hydrogens (primary N) is 1. The SMILES string of the molecule is Cl.NCc1cnc(OC2CC2)c(F)c1. The average Bonchev–Trinajstić information content (AvgIpc) is 2.92. The van der Waals surface area contributed by atoms with Gasteiger partial charge in [0, 0.05) is 12.7 Å². The van der Waals surface area contributed by atoms with Gasteiger partial charge in [-0.1, -0.05) is 0 Å². The summed E-state index contributed by atoms with van der Waals surface area (Å²) in [4.78, 5) is 3.85. The van der Waals surface area contributed by atoms with Crippen molar-refractivity contribution in [2.45, 2.75) is 25.5 Å². The van der Waals surface area contributed by atoms with Gasteiger partial charge in [-0.2, -0.15) is 0 Å². The second-order valence-electron chi connectivity index (χ2n) is 3.15. The lowest BCUT2D eigenvalue weighted by atomic mass is 10.3. The monoisotopic (exact) mass is 218 g/mol. The zero-order valence-corrected chi connectivity index (χ0v) is 8.39. The summed E-state index contributed by atoms with van der Waals surface area (Å²) in [6, 6.07) is 1.37. The van der Waals surface area contributed by atoms with Crippen LogP contribution in [0.2, 0.25) is 0 Å². The fourth-order valence-corrected chi connectivity index (χ4v) is 1.01. The predicted octanol–water partition coefficient (Wildman–Crippen LogP) is 1.64. The maximum Gasteiger partial charge on any atom is 0.250 e. The summed E-state index contributed by atoms with van der Waals surface area (Å²) < 4.78 is 18.4. The first-order valence-electron chi connectivity index (χ1n) is 4.30. The van der Waals surface area contributed by atoms with Crippen LogP contribution in [0, 0.1) is 5.82 Å². The van der Waals surface area contributed by atoms with Gasteiger partial charge in [-0.15, -0.1) is 12.4 Å². The summed E-state index contributed by atoms with van der Waals surface area (Å²) in [7, 11) is 0. The Morgan fingerprint density at radius 2 is 2.29 bits per heavy atom. The summed E-state index contributed by atoms with van der Waals surface area (Å²) in [6.07, 6.45) is 3.71. The Bertz CT molecular complexity index is 318. The maximum atomic E-state index is 13.2. The molecule has 0 atom stereocenters. The Morgan fingerprint density at radius 1 is 1.57 bits per heavy atom. The van der Waals surface area contributed by atoms with Crippen LogP contribution in [0.5, 0.6) is 5.88 Å². The molecule has 1 aliphatic carbocycles. The number of hydrogen-bond acceptors (Lipinski definition) is 3. The molecular formula is C9H12ClFN2O. The van der Waals surface area contributed by atoms with E-state index in [4.69, 9.17) is 10.5 Å². The zero-order chi connectivity index (χ0) is 9.26. The zero-order valence-electron chi connectivity index (χ0n) is 7.57. The largest absolute Gasteiger partial charge is 0.472 e. The lowest BCUT2D eigenvalue weighted by Crippen LogP contribution is -2.03. The molecule has 14 heavy (non-hydrogen) atoms. The quantitative estimate of drug-likeness (QED) is 0.839. The second-order valence-corrected chi connectivity index (χ2v) is 3.15. The molecule has 1 saturated carbocycles. The second kappa shape index (κ2) is 4.57. The van der Waals surface area contributed by atoms with Gasteiger partial charge in [-0.05, 0) is 24.5 Å². The lowest BCUT2D eigenvalue weighted by Gasteiger charge is -2.04. The highest BCUT2D eigenvalue weighted by Gasteiger charge is 2.25. The van der Waals surface area contributed by atoms with Gasteiger partial charge >= 0.3 is 0 Å². The van der Waals surface area contributed by atoms with E-state index in [2.05, 4.69) is 4.98 Å². The fourth-order valence-electron chi connectivity index (χ4n) is 1.01. The van der Waals surface area contributed by atoms with E-state index in [1.807, 2.05) is 0 Å². The minimum absolute atomic E-state index is 0. The van der Waals surface area contributed by atoms with Gasteiger partial charge in [0.05, 0.1) is 0 Å². The van der Waals surface area contributed by atoms with Crippen molar-refractivity contribution in [2.24, 2.45) is 5.73 Å². The van der Waals surface area contributed by atoms with E-state index in [-0.39, 0.29) is 24.4 Å². The van der Waals surface area contributed by atoms with E-state index in [9.17, 15) is 4.39 Å². The van der Waals surface area contributed by atoms with Gasteiger partial charge in [0.2, 0.25) is 0 Å². The van der Waals surface area contributed by atoms with Crippen LogP contribution in [0.25, 0.3) is 0 Å². The number of pyridine rings is 1. The van der Waals surface area contributed by atoms with Crippen LogP contribution in [0.4, 0.5) is 4.39 Å². The van der Waals surface area contributed by atoms with Crippen LogP contribution in [0.15, 0.2) is 12.3 Å². The topological polar surface area (TPSA) is 48.1 Å². The number of aromatic nitrogens is 1. The molecule has 5 heteroatoms. The van der Waals surface area contributed by atoms with E-state index >= 15 is 0 Å². The fraction of sp³-hybridized carbons (Fsp3) is 0.444. The molecule has 1 fully saturated rings. The average molecular weight is 219 g/mol. The lowest BCUT2D eigenvalue weighted by molar-refractivity contribution is 0.274. The standard InChI is InChI=1S/C9H11FN2O.ClH/c10-8-3-6(4-11)5-12-9(8)13-7-1-2-7;/h3,5,7H,1-2,4,11H2;1H. The molecule has 0 amide bonds. The minimum Gasteiger partial charge on any atom is -0.472 e. The van der Waals surface area contributed by atoms with Crippen molar-refractivity contribution in [3.63, 3.8) is 0 Å². The third-order valence-electron chi connectivity index (χ3n) is 1.90. The Labute approximate surface area is 87.9 Å². The molecule has 3 nitrogen and oxygen atoms in total. The van der Waals surface area contributed by atoms with E-state index in [0.717, 1.165) is 12.8 Å². The van der Waals surface area contributed by atoms with Crippen molar-refractivity contribution >= 4 is 12.4 Å². The molecule has 0 radical (unpaired) electrons. The normalized spacial score (nSPS) is 14.7. The van der Waals surface area contributed by atoms with Gasteiger partial charge in [0.15, 0.2) is 5.82 Å². The summed E-state index contributed by atoms with van der Waals surface area (Å²) in [6.45, 7) is 0.299. The van der Waals surface area contributed by atoms with Crippen molar-refractivity contribution in [3.8, 4) is 5.88 Å². The van der Waals surface area contributed by atoms with Crippen LogP contribution >= 0.6 is 12.4 Å². The number of nitrogens with zero attached hydrogens (tertiary/aromatic N) is 1. The Morgan fingerprint density at radius 3 is 2.79 bits per heavy atom. The molecule has 2 rings (SSSR count). The van der Waals surface area contributed by atoms with Crippen LogP contribution in [0.1, 0.15) is 18.4 Å². The van der Waals surface area contributed by atoms with Crippen molar-refractivity contribution in [1.82, 2.24) is 4.98 Å². The highest BCUT2D eigenvalue weighted by Crippen LogP contribution is 2.27. The first-order chi connectivity index (χ1) is 6.29. The van der Waals surface area contributed by atoms with E-state index in [1.165, 1.54) is 6.07 Å². The number of rotatable bonds is 3. The molecule has 0 saturated heterocycles. The van der Waals surface area contributed by atoms with Crippen LogP contribution in [-0.4, -0.2) is 11.1 Å². The van der Waals surface area contributed by atoms with Crippen LogP contribution in [-0.2, 0) is 6.54 Å². The van der Waals surface area contributed by atoms with Crippen molar-refractivity contribution in [3.05, 3.63) is 23.6 Å².